The highest BCUT2D eigenvalue weighted by molar-refractivity contribution is 7.46. The minimum absolute atomic E-state index is 0.168. The van der Waals surface area contributed by atoms with Gasteiger partial charge < -0.3 is 9.79 Å². The number of benzene rings is 2. The molecule has 0 aromatic heterocycles. The minimum Gasteiger partial charge on any atom is -0.303 e. The standard InChI is InChI=1S/C23H33O4P/c1-16(2)15-23(27-28(24,25)26,21-11-7-19(8-12-21)17(3)4)22-13-9-20(10-14-22)18(5)6/h7-14,16-18H,15H2,1-6H3,(H2,24,25,26). The fourth-order valence-electron chi connectivity index (χ4n) is 3.60. The first kappa shape index (κ1) is 22.8. The molecule has 0 bridgehead atoms. The quantitative estimate of drug-likeness (QED) is 0.504. The van der Waals surface area contributed by atoms with E-state index in [1.807, 2.05) is 62.4 Å². The summed E-state index contributed by atoms with van der Waals surface area (Å²) in [5.41, 5.74) is 2.65. The van der Waals surface area contributed by atoms with Gasteiger partial charge in [0.25, 0.3) is 0 Å². The van der Waals surface area contributed by atoms with Gasteiger partial charge in [0.1, 0.15) is 5.60 Å². The monoisotopic (exact) mass is 404 g/mol. The number of hydrogen-bond acceptors (Lipinski definition) is 2. The average molecular weight is 404 g/mol. The van der Waals surface area contributed by atoms with Crippen LogP contribution in [0.25, 0.3) is 0 Å². The van der Waals surface area contributed by atoms with E-state index >= 15 is 0 Å². The molecule has 0 atom stereocenters. The Morgan fingerprint density at radius 2 is 1.14 bits per heavy atom. The molecule has 2 rings (SSSR count). The lowest BCUT2D eigenvalue weighted by Crippen LogP contribution is -2.32. The van der Waals surface area contributed by atoms with E-state index in [1.165, 1.54) is 11.1 Å². The van der Waals surface area contributed by atoms with Gasteiger partial charge in [-0.1, -0.05) is 90.1 Å². The van der Waals surface area contributed by atoms with E-state index in [4.69, 9.17) is 4.52 Å². The molecule has 0 saturated heterocycles. The molecule has 2 N–H and O–H groups in total. The van der Waals surface area contributed by atoms with Crippen molar-refractivity contribution in [3.8, 4) is 0 Å². The van der Waals surface area contributed by atoms with Gasteiger partial charge >= 0.3 is 7.82 Å². The van der Waals surface area contributed by atoms with E-state index in [1.54, 1.807) is 0 Å². The highest BCUT2D eigenvalue weighted by Gasteiger charge is 2.42. The van der Waals surface area contributed by atoms with Gasteiger partial charge in [-0.25, -0.2) is 4.57 Å². The van der Waals surface area contributed by atoms with E-state index in [-0.39, 0.29) is 5.92 Å². The summed E-state index contributed by atoms with van der Waals surface area (Å²) in [4.78, 5) is 19.5. The molecule has 0 fully saturated rings. The second kappa shape index (κ2) is 8.92. The van der Waals surface area contributed by atoms with Crippen LogP contribution in [0.15, 0.2) is 48.5 Å². The van der Waals surface area contributed by atoms with Crippen molar-refractivity contribution in [1.82, 2.24) is 0 Å². The van der Waals surface area contributed by atoms with Crippen molar-refractivity contribution >= 4 is 7.82 Å². The minimum atomic E-state index is -4.74. The lowest BCUT2D eigenvalue weighted by molar-refractivity contribution is 0.0471. The molecule has 0 spiro atoms. The number of phosphoric acid groups is 1. The van der Waals surface area contributed by atoms with Gasteiger partial charge in [-0.2, -0.15) is 0 Å². The topological polar surface area (TPSA) is 66.8 Å². The number of phosphoric ester groups is 1. The molecule has 2 aromatic carbocycles. The Morgan fingerprint density at radius 3 is 1.39 bits per heavy atom. The smallest absolute Gasteiger partial charge is 0.303 e. The summed E-state index contributed by atoms with van der Waals surface area (Å²) in [6, 6.07) is 15.8. The van der Waals surface area contributed by atoms with Gasteiger partial charge in [-0.15, -0.1) is 0 Å². The zero-order valence-corrected chi connectivity index (χ0v) is 18.6. The highest BCUT2D eigenvalue weighted by atomic mass is 31.2. The van der Waals surface area contributed by atoms with Gasteiger partial charge in [0.05, 0.1) is 0 Å². The van der Waals surface area contributed by atoms with E-state index in [9.17, 15) is 14.4 Å². The van der Waals surface area contributed by atoms with E-state index < -0.39 is 13.4 Å². The van der Waals surface area contributed by atoms with Crippen molar-refractivity contribution in [3.63, 3.8) is 0 Å². The number of hydrogen-bond donors (Lipinski definition) is 2. The van der Waals surface area contributed by atoms with Crippen LogP contribution in [0.5, 0.6) is 0 Å². The van der Waals surface area contributed by atoms with Crippen LogP contribution in [-0.4, -0.2) is 9.79 Å². The molecule has 2 aromatic rings. The lowest BCUT2D eigenvalue weighted by atomic mass is 9.79. The Labute approximate surface area is 169 Å². The van der Waals surface area contributed by atoms with E-state index in [0.29, 0.717) is 18.3 Å². The van der Waals surface area contributed by atoms with Crippen LogP contribution in [0, 0.1) is 5.92 Å². The third-order valence-corrected chi connectivity index (χ3v) is 5.61. The Hall–Kier alpha value is -1.45. The first-order valence-electron chi connectivity index (χ1n) is 9.92. The van der Waals surface area contributed by atoms with Gasteiger partial charge in [-0.3, -0.25) is 4.52 Å². The summed E-state index contributed by atoms with van der Waals surface area (Å²) < 4.78 is 17.6. The second-order valence-electron chi connectivity index (χ2n) is 8.56. The molecule has 154 valence electrons. The summed E-state index contributed by atoms with van der Waals surface area (Å²) in [6.07, 6.45) is 0.458. The largest absolute Gasteiger partial charge is 0.470 e. The molecule has 4 nitrogen and oxygen atoms in total. The van der Waals surface area contributed by atoms with Gasteiger partial charge in [0, 0.05) is 0 Å². The van der Waals surface area contributed by atoms with Gasteiger partial charge in [0.15, 0.2) is 0 Å². The van der Waals surface area contributed by atoms with Crippen molar-refractivity contribution in [1.29, 1.82) is 0 Å². The molecule has 0 heterocycles. The van der Waals surface area contributed by atoms with Crippen LogP contribution in [0.1, 0.15) is 82.1 Å². The first-order valence-corrected chi connectivity index (χ1v) is 11.4. The van der Waals surface area contributed by atoms with E-state index in [2.05, 4.69) is 27.7 Å². The average Bonchev–Trinajstić information content (AvgIpc) is 2.59. The predicted octanol–water partition coefficient (Wildman–Crippen LogP) is 6.33. The molecule has 0 amide bonds. The molecule has 0 radical (unpaired) electrons. The normalized spacial score (nSPS) is 13.0. The molecule has 28 heavy (non-hydrogen) atoms. The summed E-state index contributed by atoms with van der Waals surface area (Å²) in [6.45, 7) is 12.5. The third kappa shape index (κ3) is 5.55. The lowest BCUT2D eigenvalue weighted by Gasteiger charge is -2.36. The summed E-state index contributed by atoms with van der Waals surface area (Å²) in [7, 11) is -4.74. The zero-order valence-electron chi connectivity index (χ0n) is 17.7. The zero-order chi connectivity index (χ0) is 21.1. The first-order chi connectivity index (χ1) is 12.9. The van der Waals surface area contributed by atoms with Crippen LogP contribution < -0.4 is 0 Å². The SMILES string of the molecule is CC(C)CC(OP(=O)(O)O)(c1ccc(C(C)C)cc1)c1ccc(C(C)C)cc1. The molecule has 0 aliphatic rings. The summed E-state index contributed by atoms with van der Waals surface area (Å²) >= 11 is 0. The maximum absolute atomic E-state index is 12.0. The molecule has 0 unspecified atom stereocenters. The molecule has 0 aliphatic heterocycles. The number of rotatable bonds is 8. The third-order valence-electron chi connectivity index (χ3n) is 5.06. The molecule has 0 saturated carbocycles. The molecular formula is C23H33O4P. The van der Waals surface area contributed by atoms with Gasteiger partial charge in [0.2, 0.25) is 0 Å². The Kier molecular flexibility index (Phi) is 7.27. The maximum atomic E-state index is 12.0. The maximum Gasteiger partial charge on any atom is 0.470 e. The fourth-order valence-corrected chi connectivity index (χ4v) is 4.29. The Morgan fingerprint density at radius 1 is 0.786 bits per heavy atom. The van der Waals surface area contributed by atoms with Crippen LogP contribution >= 0.6 is 7.82 Å². The predicted molar refractivity (Wildman–Crippen MR) is 114 cm³/mol. The van der Waals surface area contributed by atoms with E-state index in [0.717, 1.165) is 11.1 Å². The fraction of sp³-hybridized carbons (Fsp3) is 0.478. The van der Waals surface area contributed by atoms with Crippen molar-refractivity contribution in [2.45, 2.75) is 65.4 Å². The molecule has 0 aliphatic carbocycles. The Balaban J connectivity index is 2.67. The van der Waals surface area contributed by atoms with Crippen molar-refractivity contribution < 1.29 is 18.9 Å². The van der Waals surface area contributed by atoms with Crippen molar-refractivity contribution in [2.75, 3.05) is 0 Å². The highest BCUT2D eigenvalue weighted by Crippen LogP contribution is 2.51. The summed E-state index contributed by atoms with van der Waals surface area (Å²) in [5, 5.41) is 0. The van der Waals surface area contributed by atoms with Gasteiger partial charge in [-0.05, 0) is 46.4 Å². The van der Waals surface area contributed by atoms with Crippen LogP contribution in [0.2, 0.25) is 0 Å². The van der Waals surface area contributed by atoms with Crippen molar-refractivity contribution in [2.24, 2.45) is 5.92 Å². The van der Waals surface area contributed by atoms with Crippen LogP contribution in [0.4, 0.5) is 0 Å². The van der Waals surface area contributed by atoms with Crippen LogP contribution in [-0.2, 0) is 14.7 Å². The molecule has 5 heteroatoms. The van der Waals surface area contributed by atoms with Crippen LogP contribution in [0.3, 0.4) is 0 Å². The van der Waals surface area contributed by atoms with Crippen molar-refractivity contribution in [3.05, 3.63) is 70.8 Å². The Bertz CT molecular complexity index is 750. The summed E-state index contributed by atoms with van der Waals surface area (Å²) in [5.74, 6) is 0.921. The second-order valence-corrected chi connectivity index (χ2v) is 9.72. The molecular weight excluding hydrogens is 371 g/mol.